The summed E-state index contributed by atoms with van der Waals surface area (Å²) in [7, 11) is 1.93. The van der Waals surface area contributed by atoms with Gasteiger partial charge in [0.15, 0.2) is 0 Å². The third kappa shape index (κ3) is 3.12. The molecule has 0 atom stereocenters. The molecule has 2 nitrogen and oxygen atoms in total. The number of carbonyl (C=O) groups is 1. The molecule has 2 heteroatoms. The van der Waals surface area contributed by atoms with Crippen molar-refractivity contribution < 1.29 is 4.79 Å². The summed E-state index contributed by atoms with van der Waals surface area (Å²) in [5, 5.41) is 0. The van der Waals surface area contributed by atoms with Crippen molar-refractivity contribution in [1.29, 1.82) is 0 Å². The minimum absolute atomic E-state index is 0.165. The topological polar surface area (TPSA) is 20.3 Å². The van der Waals surface area contributed by atoms with Gasteiger partial charge in [0.05, 0.1) is 0 Å². The second-order valence-corrected chi connectivity index (χ2v) is 5.50. The summed E-state index contributed by atoms with van der Waals surface area (Å²) >= 11 is 0. The van der Waals surface area contributed by atoms with Gasteiger partial charge in [-0.3, -0.25) is 4.79 Å². The lowest BCUT2D eigenvalue weighted by Gasteiger charge is -2.27. The number of aryl methyl sites for hydroxylation is 1. The van der Waals surface area contributed by atoms with Crippen LogP contribution < -0.4 is 0 Å². The van der Waals surface area contributed by atoms with Crippen LogP contribution in [0.15, 0.2) is 24.3 Å². The minimum atomic E-state index is 0.165. The maximum Gasteiger partial charge on any atom is 0.253 e. The SMILES string of the molecule is Cc1ccccc1C(=O)N(C)CC1CCCCC1. The zero-order valence-electron chi connectivity index (χ0n) is 11.5. The molecule has 1 aliphatic carbocycles. The predicted molar refractivity (Wildman–Crippen MR) is 74.7 cm³/mol. The quantitative estimate of drug-likeness (QED) is 0.796. The van der Waals surface area contributed by atoms with Crippen LogP contribution in [0.4, 0.5) is 0 Å². The summed E-state index contributed by atoms with van der Waals surface area (Å²) < 4.78 is 0. The van der Waals surface area contributed by atoms with Gasteiger partial charge in [0.25, 0.3) is 5.91 Å². The molecule has 1 aliphatic rings. The monoisotopic (exact) mass is 245 g/mol. The lowest BCUT2D eigenvalue weighted by Crippen LogP contribution is -2.33. The first kappa shape index (κ1) is 13.1. The molecular weight excluding hydrogens is 222 g/mol. The van der Waals surface area contributed by atoms with Crippen LogP contribution in [-0.2, 0) is 0 Å². The van der Waals surface area contributed by atoms with Crippen molar-refractivity contribution in [2.24, 2.45) is 5.92 Å². The van der Waals surface area contributed by atoms with Crippen molar-refractivity contribution >= 4 is 5.91 Å². The molecule has 98 valence electrons. The molecular formula is C16H23NO. The van der Waals surface area contributed by atoms with Gasteiger partial charge in [0, 0.05) is 19.2 Å². The van der Waals surface area contributed by atoms with E-state index in [0.717, 1.165) is 17.7 Å². The molecule has 0 bridgehead atoms. The molecule has 0 spiro atoms. The van der Waals surface area contributed by atoms with E-state index in [1.54, 1.807) is 0 Å². The van der Waals surface area contributed by atoms with Crippen LogP contribution >= 0.6 is 0 Å². The summed E-state index contributed by atoms with van der Waals surface area (Å²) in [5.41, 5.74) is 1.91. The van der Waals surface area contributed by atoms with Gasteiger partial charge in [-0.05, 0) is 37.3 Å². The summed E-state index contributed by atoms with van der Waals surface area (Å²) in [6, 6.07) is 7.85. The molecule has 0 radical (unpaired) electrons. The first-order valence-corrected chi connectivity index (χ1v) is 6.99. The Labute approximate surface area is 110 Å². The summed E-state index contributed by atoms with van der Waals surface area (Å²) in [5.74, 6) is 0.871. The van der Waals surface area contributed by atoms with E-state index in [4.69, 9.17) is 0 Å². The molecule has 0 aromatic heterocycles. The van der Waals surface area contributed by atoms with E-state index in [1.165, 1.54) is 32.1 Å². The summed E-state index contributed by atoms with van der Waals surface area (Å²) in [6.45, 7) is 2.91. The van der Waals surface area contributed by atoms with Gasteiger partial charge in [-0.15, -0.1) is 0 Å². The molecule has 2 rings (SSSR count). The van der Waals surface area contributed by atoms with E-state index in [1.807, 2.05) is 43.1 Å². The number of hydrogen-bond donors (Lipinski definition) is 0. The van der Waals surface area contributed by atoms with Gasteiger partial charge < -0.3 is 4.90 Å². The zero-order valence-corrected chi connectivity index (χ0v) is 11.5. The van der Waals surface area contributed by atoms with Crippen LogP contribution in [0.2, 0.25) is 0 Å². The van der Waals surface area contributed by atoms with Crippen LogP contribution in [0.3, 0.4) is 0 Å². The normalized spacial score (nSPS) is 16.6. The highest BCUT2D eigenvalue weighted by Crippen LogP contribution is 2.24. The number of rotatable bonds is 3. The van der Waals surface area contributed by atoms with Crippen LogP contribution in [0.25, 0.3) is 0 Å². The minimum Gasteiger partial charge on any atom is -0.341 e. The van der Waals surface area contributed by atoms with Gasteiger partial charge in [-0.1, -0.05) is 37.5 Å². The molecule has 1 aromatic carbocycles. The number of nitrogens with zero attached hydrogens (tertiary/aromatic N) is 1. The van der Waals surface area contributed by atoms with Crippen molar-refractivity contribution in [2.75, 3.05) is 13.6 Å². The lowest BCUT2D eigenvalue weighted by molar-refractivity contribution is 0.0760. The molecule has 1 aromatic rings. The number of amides is 1. The van der Waals surface area contributed by atoms with Gasteiger partial charge in [-0.2, -0.15) is 0 Å². The maximum atomic E-state index is 12.4. The Morgan fingerprint density at radius 2 is 1.89 bits per heavy atom. The average Bonchev–Trinajstić information content (AvgIpc) is 2.39. The number of benzene rings is 1. The second-order valence-electron chi connectivity index (χ2n) is 5.50. The third-order valence-electron chi connectivity index (χ3n) is 3.98. The van der Waals surface area contributed by atoms with E-state index < -0.39 is 0 Å². The van der Waals surface area contributed by atoms with Crippen LogP contribution in [0, 0.1) is 12.8 Å². The molecule has 1 amide bonds. The summed E-state index contributed by atoms with van der Waals surface area (Å²) in [6.07, 6.45) is 6.59. The van der Waals surface area contributed by atoms with Crippen molar-refractivity contribution in [1.82, 2.24) is 4.90 Å². The predicted octanol–water partition coefficient (Wildman–Crippen LogP) is 3.65. The standard InChI is InChI=1S/C16H23NO/c1-13-8-6-7-11-15(13)16(18)17(2)12-14-9-4-3-5-10-14/h6-8,11,14H,3-5,9-10,12H2,1-2H3. The Kier molecular flexibility index (Phi) is 4.40. The van der Waals surface area contributed by atoms with E-state index >= 15 is 0 Å². The van der Waals surface area contributed by atoms with Gasteiger partial charge >= 0.3 is 0 Å². The van der Waals surface area contributed by atoms with Crippen LogP contribution in [-0.4, -0.2) is 24.4 Å². The maximum absolute atomic E-state index is 12.4. The molecule has 1 saturated carbocycles. The molecule has 0 N–H and O–H groups in total. The van der Waals surface area contributed by atoms with Crippen molar-refractivity contribution in [3.05, 3.63) is 35.4 Å². The Morgan fingerprint density at radius 1 is 1.22 bits per heavy atom. The fourth-order valence-electron chi connectivity index (χ4n) is 2.86. The number of carbonyl (C=O) groups excluding carboxylic acids is 1. The van der Waals surface area contributed by atoms with Gasteiger partial charge in [-0.25, -0.2) is 0 Å². The summed E-state index contributed by atoms with van der Waals surface area (Å²) in [4.78, 5) is 14.3. The first-order chi connectivity index (χ1) is 8.68. The van der Waals surface area contributed by atoms with E-state index in [2.05, 4.69) is 0 Å². The first-order valence-electron chi connectivity index (χ1n) is 6.99. The fourth-order valence-corrected chi connectivity index (χ4v) is 2.86. The Balaban J connectivity index is 1.98. The van der Waals surface area contributed by atoms with Crippen LogP contribution in [0.5, 0.6) is 0 Å². The van der Waals surface area contributed by atoms with Crippen molar-refractivity contribution in [3.8, 4) is 0 Å². The van der Waals surface area contributed by atoms with Gasteiger partial charge in [0.1, 0.15) is 0 Å². The van der Waals surface area contributed by atoms with Gasteiger partial charge in [0.2, 0.25) is 0 Å². The van der Waals surface area contributed by atoms with E-state index in [-0.39, 0.29) is 5.91 Å². The molecule has 0 heterocycles. The fraction of sp³-hybridized carbons (Fsp3) is 0.562. The molecule has 0 aliphatic heterocycles. The highest BCUT2D eigenvalue weighted by atomic mass is 16.2. The zero-order chi connectivity index (χ0) is 13.0. The van der Waals surface area contributed by atoms with Crippen molar-refractivity contribution in [3.63, 3.8) is 0 Å². The molecule has 0 unspecified atom stereocenters. The van der Waals surface area contributed by atoms with Crippen LogP contribution in [0.1, 0.15) is 48.0 Å². The van der Waals surface area contributed by atoms with E-state index in [9.17, 15) is 4.79 Å². The number of hydrogen-bond acceptors (Lipinski definition) is 1. The Bertz CT molecular complexity index is 407. The third-order valence-corrected chi connectivity index (χ3v) is 3.98. The molecule has 18 heavy (non-hydrogen) atoms. The lowest BCUT2D eigenvalue weighted by atomic mass is 9.89. The largest absolute Gasteiger partial charge is 0.341 e. The highest BCUT2D eigenvalue weighted by Gasteiger charge is 2.19. The van der Waals surface area contributed by atoms with Crippen molar-refractivity contribution in [2.45, 2.75) is 39.0 Å². The Hall–Kier alpha value is -1.31. The molecule has 0 saturated heterocycles. The highest BCUT2D eigenvalue weighted by molar-refractivity contribution is 5.95. The molecule has 1 fully saturated rings. The Morgan fingerprint density at radius 3 is 2.56 bits per heavy atom. The second kappa shape index (κ2) is 6.03. The average molecular weight is 245 g/mol. The smallest absolute Gasteiger partial charge is 0.253 e. The van der Waals surface area contributed by atoms with E-state index in [0.29, 0.717) is 5.92 Å².